The smallest absolute Gasteiger partial charge is 0.369 e. The standard InChI is InChI=1S/C46H78N4O14/c1-32(2)23-19-15-11-7-6-8-13-17-21-25-38(51)36(48-44(56)39(52)26-22-18-14-10-9-12-16-20-24-33(3)4)31-63-46(45(57)62-5)43(55)42(54)41(53)40(64-46)30-47-35-28-27-34(49(58)59)29-37(35)50(60)61/h21,25,27-29,32-33,36,38-43,47,51-55H,6-20,22-24,26,30-31H2,1-5H3,(H,48,56)/b25-21+/t36-,38-,39-,40-,41-,42+,43+,46-/m1/s1. The van der Waals surface area contributed by atoms with Crippen molar-refractivity contribution in [2.45, 2.75) is 198 Å². The van der Waals surface area contributed by atoms with Crippen LogP contribution in [0, 0.1) is 32.1 Å². The first-order valence-corrected chi connectivity index (χ1v) is 23.4. The second-order valence-electron chi connectivity index (χ2n) is 17.9. The maximum Gasteiger partial charge on any atom is 0.369 e. The van der Waals surface area contributed by atoms with Crippen LogP contribution in [0.5, 0.6) is 0 Å². The van der Waals surface area contributed by atoms with Crippen LogP contribution in [0.2, 0.25) is 0 Å². The van der Waals surface area contributed by atoms with Crippen LogP contribution < -0.4 is 10.6 Å². The van der Waals surface area contributed by atoms with Crippen LogP contribution in [0.15, 0.2) is 30.4 Å². The molecule has 0 aromatic heterocycles. The van der Waals surface area contributed by atoms with E-state index in [1.807, 2.05) is 0 Å². The summed E-state index contributed by atoms with van der Waals surface area (Å²) < 4.78 is 16.6. The van der Waals surface area contributed by atoms with Crippen LogP contribution in [0.25, 0.3) is 0 Å². The Hall–Kier alpha value is -3.78. The van der Waals surface area contributed by atoms with Crippen molar-refractivity contribution in [3.63, 3.8) is 0 Å². The van der Waals surface area contributed by atoms with Crippen molar-refractivity contribution in [2.75, 3.05) is 25.6 Å². The number of benzene rings is 1. The fraction of sp³-hybridized carbons (Fsp3) is 0.783. The number of nitro benzene ring substituents is 2. The number of aliphatic hydroxyl groups excluding tert-OH is 5. The molecule has 0 aliphatic carbocycles. The molecule has 1 fully saturated rings. The zero-order chi connectivity index (χ0) is 47.7. The first-order chi connectivity index (χ1) is 30.4. The van der Waals surface area contributed by atoms with E-state index >= 15 is 0 Å². The summed E-state index contributed by atoms with van der Waals surface area (Å²) in [5.74, 6) is -3.61. The van der Waals surface area contributed by atoms with E-state index in [9.17, 15) is 55.4 Å². The molecule has 1 heterocycles. The number of methoxy groups -OCH3 is 1. The number of aliphatic hydroxyl groups is 5. The maximum atomic E-state index is 13.4. The summed E-state index contributed by atoms with van der Waals surface area (Å²) in [4.78, 5) is 48.0. The molecule has 18 heteroatoms. The number of rotatable bonds is 34. The Morgan fingerprint density at radius 1 is 0.797 bits per heavy atom. The van der Waals surface area contributed by atoms with Crippen molar-refractivity contribution >= 4 is 28.9 Å². The number of amides is 1. The zero-order valence-electron chi connectivity index (χ0n) is 38.7. The molecule has 0 bridgehead atoms. The lowest BCUT2D eigenvalue weighted by atomic mass is 9.91. The maximum absolute atomic E-state index is 13.4. The summed E-state index contributed by atoms with van der Waals surface area (Å²) in [6.45, 7) is 7.61. The van der Waals surface area contributed by atoms with Gasteiger partial charge in [-0.15, -0.1) is 0 Å². The second-order valence-corrected chi connectivity index (χ2v) is 17.9. The summed E-state index contributed by atoms with van der Waals surface area (Å²) in [7, 11) is 0.947. The van der Waals surface area contributed by atoms with Gasteiger partial charge in [0.1, 0.15) is 36.2 Å². The largest absolute Gasteiger partial charge is 0.465 e. The highest BCUT2D eigenvalue weighted by Gasteiger charge is 2.60. The molecule has 8 atom stereocenters. The van der Waals surface area contributed by atoms with E-state index in [0.717, 1.165) is 76.7 Å². The monoisotopic (exact) mass is 911 g/mol. The molecule has 1 aliphatic rings. The summed E-state index contributed by atoms with van der Waals surface area (Å²) in [6.07, 6.45) is 11.6. The minimum absolute atomic E-state index is 0.164. The van der Waals surface area contributed by atoms with E-state index in [-0.39, 0.29) is 12.1 Å². The minimum Gasteiger partial charge on any atom is -0.465 e. The lowest BCUT2D eigenvalue weighted by molar-refractivity contribution is -0.393. The molecule has 1 amide bonds. The van der Waals surface area contributed by atoms with Crippen LogP contribution in [-0.4, -0.2) is 116 Å². The van der Waals surface area contributed by atoms with Crippen LogP contribution in [0.4, 0.5) is 17.1 Å². The lowest BCUT2D eigenvalue weighted by Gasteiger charge is -2.46. The van der Waals surface area contributed by atoms with Crippen LogP contribution in [-0.2, 0) is 23.8 Å². The van der Waals surface area contributed by atoms with E-state index in [1.165, 1.54) is 57.4 Å². The molecular weight excluding hydrogens is 833 g/mol. The predicted octanol–water partition coefficient (Wildman–Crippen LogP) is 6.77. The highest BCUT2D eigenvalue weighted by molar-refractivity contribution is 5.81. The van der Waals surface area contributed by atoms with Gasteiger partial charge in [-0.05, 0) is 37.2 Å². The quantitative estimate of drug-likeness (QED) is 0.0124. The summed E-state index contributed by atoms with van der Waals surface area (Å²) >= 11 is 0. The second kappa shape index (κ2) is 30.4. The van der Waals surface area contributed by atoms with Crippen molar-refractivity contribution in [1.29, 1.82) is 0 Å². The highest BCUT2D eigenvalue weighted by atomic mass is 16.7. The Labute approximate surface area is 378 Å². The van der Waals surface area contributed by atoms with E-state index < -0.39 is 94.7 Å². The molecule has 18 nitrogen and oxygen atoms in total. The number of carbonyl (C=O) groups is 2. The van der Waals surface area contributed by atoms with Crippen molar-refractivity contribution in [3.8, 4) is 0 Å². The van der Waals surface area contributed by atoms with Gasteiger partial charge < -0.3 is 50.4 Å². The number of non-ortho nitro benzene ring substituents is 1. The third kappa shape index (κ3) is 19.8. The van der Waals surface area contributed by atoms with Crippen LogP contribution >= 0.6 is 0 Å². The molecule has 1 aliphatic heterocycles. The number of anilines is 1. The van der Waals surface area contributed by atoms with Crippen molar-refractivity contribution in [3.05, 3.63) is 50.6 Å². The fourth-order valence-corrected chi connectivity index (χ4v) is 7.66. The average Bonchev–Trinajstić information content (AvgIpc) is 3.26. The summed E-state index contributed by atoms with van der Waals surface area (Å²) in [5, 5.41) is 83.4. The number of ether oxygens (including phenoxy) is 3. The molecule has 2 rings (SSSR count). The van der Waals surface area contributed by atoms with E-state index in [2.05, 4.69) is 38.3 Å². The topological polar surface area (TPSA) is 273 Å². The molecule has 0 spiro atoms. The van der Waals surface area contributed by atoms with Gasteiger partial charge >= 0.3 is 5.97 Å². The van der Waals surface area contributed by atoms with Gasteiger partial charge in [-0.3, -0.25) is 25.0 Å². The molecule has 1 aromatic rings. The number of hydrogen-bond donors (Lipinski definition) is 7. The van der Waals surface area contributed by atoms with Gasteiger partial charge in [-0.1, -0.05) is 143 Å². The molecule has 64 heavy (non-hydrogen) atoms. The molecule has 1 aromatic carbocycles. The third-order valence-corrected chi connectivity index (χ3v) is 11.6. The van der Waals surface area contributed by atoms with Gasteiger partial charge in [0.15, 0.2) is 0 Å². The Kier molecular flexibility index (Phi) is 26.8. The normalized spacial score (nSPS) is 21.5. The lowest BCUT2D eigenvalue weighted by Crippen LogP contribution is -2.70. The predicted molar refractivity (Wildman–Crippen MR) is 242 cm³/mol. The number of esters is 1. The van der Waals surface area contributed by atoms with Crippen LogP contribution in [0.1, 0.15) is 150 Å². The minimum atomic E-state index is -2.87. The summed E-state index contributed by atoms with van der Waals surface area (Å²) in [6, 6.07) is 1.46. The molecular formula is C46H78N4O14. The summed E-state index contributed by atoms with van der Waals surface area (Å²) in [5.41, 5.74) is -1.47. The van der Waals surface area contributed by atoms with Gasteiger partial charge in [0.05, 0.1) is 41.8 Å². The number of hydrogen-bond acceptors (Lipinski definition) is 15. The van der Waals surface area contributed by atoms with E-state index in [0.29, 0.717) is 24.7 Å². The first kappa shape index (κ1) is 56.3. The highest BCUT2D eigenvalue weighted by Crippen LogP contribution is 2.35. The SMILES string of the molecule is COC(=O)[C@]1(OC[C@@H](NC(=O)[C@H](O)CCCCCCCCCCC(C)C)[C@H](O)/C=C/CCCCCCCCCC(C)C)O[C@H](CNc2ccc([N+](=O)[O-])cc2[N+](=O)[O-])[C@@H](O)[C@H](O)[C@@H]1O. The molecule has 0 radical (unpaired) electrons. The average molecular weight is 911 g/mol. The van der Waals surface area contributed by atoms with Crippen molar-refractivity contribution in [2.24, 2.45) is 11.8 Å². The number of nitrogens with one attached hydrogen (secondary N) is 2. The molecule has 366 valence electrons. The Bertz CT molecular complexity index is 1560. The number of unbranched alkanes of at least 4 members (excludes halogenated alkanes) is 14. The Balaban J connectivity index is 2.18. The Morgan fingerprint density at radius 2 is 1.33 bits per heavy atom. The van der Waals surface area contributed by atoms with Crippen molar-refractivity contribution < 1.29 is 59.2 Å². The van der Waals surface area contributed by atoms with Gasteiger partial charge in [0, 0.05) is 12.6 Å². The van der Waals surface area contributed by atoms with E-state index in [4.69, 9.17) is 14.2 Å². The number of allylic oxidation sites excluding steroid dienone is 1. The number of nitrogens with zero attached hydrogens (tertiary/aromatic N) is 2. The van der Waals surface area contributed by atoms with Crippen molar-refractivity contribution in [1.82, 2.24) is 5.32 Å². The Morgan fingerprint density at radius 3 is 1.84 bits per heavy atom. The van der Waals surface area contributed by atoms with Gasteiger partial charge in [-0.25, -0.2) is 4.79 Å². The van der Waals surface area contributed by atoms with Gasteiger partial charge in [0.25, 0.3) is 17.2 Å². The first-order valence-electron chi connectivity index (χ1n) is 23.4. The van der Waals surface area contributed by atoms with Gasteiger partial charge in [0.2, 0.25) is 5.91 Å². The molecule has 0 saturated carbocycles. The molecule has 7 N–H and O–H groups in total. The number of carbonyl (C=O) groups excluding carboxylic acids is 2. The fourth-order valence-electron chi connectivity index (χ4n) is 7.66. The third-order valence-electron chi connectivity index (χ3n) is 11.6. The van der Waals surface area contributed by atoms with Crippen LogP contribution in [0.3, 0.4) is 0 Å². The van der Waals surface area contributed by atoms with Gasteiger partial charge in [-0.2, -0.15) is 0 Å². The number of nitro groups is 2. The zero-order valence-corrected chi connectivity index (χ0v) is 38.7. The van der Waals surface area contributed by atoms with E-state index in [1.54, 1.807) is 6.08 Å². The molecule has 1 saturated heterocycles. The molecule has 0 unspecified atom stereocenters.